The van der Waals surface area contributed by atoms with Crippen LogP contribution in [0, 0.1) is 12.7 Å². The van der Waals surface area contributed by atoms with Crippen molar-refractivity contribution in [2.75, 3.05) is 59.0 Å². The van der Waals surface area contributed by atoms with Crippen molar-refractivity contribution in [2.24, 2.45) is 0 Å². The first kappa shape index (κ1) is 42.3. The lowest BCUT2D eigenvalue weighted by atomic mass is 9.91. The van der Waals surface area contributed by atoms with Crippen LogP contribution in [0.1, 0.15) is 76.5 Å². The molecule has 2 aromatic carbocycles. The number of halogens is 1. The number of nitrogens with zero attached hydrogens (tertiary/aromatic N) is 5. The third-order valence-electron chi connectivity index (χ3n) is 11.0. The number of aromatic nitrogens is 2. The van der Waals surface area contributed by atoms with E-state index in [9.17, 15) is 18.8 Å². The summed E-state index contributed by atoms with van der Waals surface area (Å²) in [5.41, 5.74) is 5.28. The van der Waals surface area contributed by atoms with Crippen LogP contribution < -0.4 is 20.7 Å². The fourth-order valence-electron chi connectivity index (χ4n) is 7.95. The molecular weight excluding hydrogens is 772 g/mol. The number of thiazole rings is 1. The summed E-state index contributed by atoms with van der Waals surface area (Å²) in [5.74, 6) is -0.708. The molecule has 0 atom stereocenters. The minimum Gasteiger partial charge on any atom is -0.438 e. The number of amides is 3. The van der Waals surface area contributed by atoms with Gasteiger partial charge in [-0.25, -0.2) is 14.4 Å². The number of piperazine rings is 1. The standard InChI is InChI=1S/C44H55FN8O5S/c1-29(2)47-40(54)27-52-15-13-51(14-16-52)25-31-7-12-38(33(21-31)26-53-17-19-57-20-18-53)32-5-4-6-37(22-32)58-43-39(23-34(45)24-46-43)41(55)49-35-8-10-36(11-9-35)50-42(56)44-48-30(3)28-59-44/h4-7,12,21-24,28-29,35-36H,8-11,13-20,25-27H2,1-3H3,(H,47,54)(H,49,55)(H,50,56)/t35-,36-. The Hall–Kier alpha value is -4.80. The Morgan fingerprint density at radius 2 is 1.58 bits per heavy atom. The molecule has 0 radical (unpaired) electrons. The van der Waals surface area contributed by atoms with E-state index in [0.29, 0.717) is 56.2 Å². The minimum atomic E-state index is -0.635. The van der Waals surface area contributed by atoms with Gasteiger partial charge in [-0.05, 0) is 86.9 Å². The van der Waals surface area contributed by atoms with Gasteiger partial charge in [0.15, 0.2) is 5.01 Å². The monoisotopic (exact) mass is 826 g/mol. The summed E-state index contributed by atoms with van der Waals surface area (Å²) >= 11 is 1.32. The first-order chi connectivity index (χ1) is 28.5. The number of nitrogens with one attached hydrogen (secondary N) is 3. The predicted octanol–water partition coefficient (Wildman–Crippen LogP) is 5.39. The van der Waals surface area contributed by atoms with Gasteiger partial charge in [0.1, 0.15) is 17.1 Å². The molecule has 4 aromatic rings. The molecule has 3 fully saturated rings. The Balaban J connectivity index is 1.01. The van der Waals surface area contributed by atoms with E-state index in [1.165, 1.54) is 22.5 Å². The molecule has 1 saturated carbocycles. The number of hydrogen-bond acceptors (Lipinski definition) is 11. The van der Waals surface area contributed by atoms with Crippen LogP contribution in [0.5, 0.6) is 11.6 Å². The van der Waals surface area contributed by atoms with Gasteiger partial charge in [0.25, 0.3) is 11.8 Å². The maximum absolute atomic E-state index is 14.6. The number of ether oxygens (including phenoxy) is 2. The zero-order chi connectivity index (χ0) is 41.3. The lowest BCUT2D eigenvalue weighted by Crippen LogP contribution is -2.49. The Morgan fingerprint density at radius 3 is 2.27 bits per heavy atom. The minimum absolute atomic E-state index is 0.00935. The van der Waals surface area contributed by atoms with Crippen LogP contribution in [-0.2, 0) is 22.6 Å². The van der Waals surface area contributed by atoms with E-state index < -0.39 is 11.7 Å². The van der Waals surface area contributed by atoms with Gasteiger partial charge in [-0.1, -0.05) is 30.3 Å². The molecule has 4 heterocycles. The van der Waals surface area contributed by atoms with Gasteiger partial charge in [0, 0.05) is 81.6 Å². The lowest BCUT2D eigenvalue weighted by Gasteiger charge is -2.34. The average Bonchev–Trinajstić information content (AvgIpc) is 3.66. The van der Waals surface area contributed by atoms with Crippen LogP contribution in [0.3, 0.4) is 0 Å². The number of carbonyl (C=O) groups is 3. The first-order valence-electron chi connectivity index (χ1n) is 20.7. The van der Waals surface area contributed by atoms with E-state index in [1.807, 2.05) is 44.4 Å². The van der Waals surface area contributed by atoms with Crippen molar-refractivity contribution in [1.82, 2.24) is 40.6 Å². The molecule has 3 N–H and O–H groups in total. The Labute approximate surface area is 349 Å². The van der Waals surface area contributed by atoms with Gasteiger partial charge < -0.3 is 25.4 Å². The molecule has 1 aliphatic carbocycles. The third kappa shape index (κ3) is 11.9. The smallest absolute Gasteiger partial charge is 0.280 e. The number of carbonyl (C=O) groups excluding carboxylic acids is 3. The number of benzene rings is 2. The lowest BCUT2D eigenvalue weighted by molar-refractivity contribution is -0.123. The van der Waals surface area contributed by atoms with Gasteiger partial charge in [-0.3, -0.25) is 29.1 Å². The van der Waals surface area contributed by atoms with Crippen molar-refractivity contribution in [1.29, 1.82) is 0 Å². The molecule has 0 bridgehead atoms. The van der Waals surface area contributed by atoms with Crippen LogP contribution in [0.25, 0.3) is 11.1 Å². The molecule has 59 heavy (non-hydrogen) atoms. The van der Waals surface area contributed by atoms with Gasteiger partial charge in [-0.15, -0.1) is 11.3 Å². The number of hydrogen-bond donors (Lipinski definition) is 3. The van der Waals surface area contributed by atoms with Gasteiger partial charge in [-0.2, -0.15) is 0 Å². The highest BCUT2D eigenvalue weighted by Gasteiger charge is 2.27. The molecule has 13 nitrogen and oxygen atoms in total. The second-order valence-electron chi connectivity index (χ2n) is 16.1. The molecule has 3 aliphatic rings. The van der Waals surface area contributed by atoms with Crippen molar-refractivity contribution in [3.63, 3.8) is 0 Å². The van der Waals surface area contributed by atoms with Crippen LogP contribution in [-0.4, -0.2) is 120 Å². The highest BCUT2D eigenvalue weighted by molar-refractivity contribution is 7.11. The highest BCUT2D eigenvalue weighted by Crippen LogP contribution is 2.32. The Bertz CT molecular complexity index is 2080. The van der Waals surface area contributed by atoms with Crippen molar-refractivity contribution in [2.45, 2.75) is 77.7 Å². The van der Waals surface area contributed by atoms with Crippen molar-refractivity contribution < 1.29 is 28.2 Å². The van der Waals surface area contributed by atoms with E-state index >= 15 is 0 Å². The predicted molar refractivity (Wildman–Crippen MR) is 225 cm³/mol. The summed E-state index contributed by atoms with van der Waals surface area (Å²) < 4.78 is 26.5. The van der Waals surface area contributed by atoms with Crippen LogP contribution in [0.4, 0.5) is 4.39 Å². The third-order valence-corrected chi connectivity index (χ3v) is 11.9. The van der Waals surface area contributed by atoms with E-state index in [1.54, 1.807) is 6.07 Å². The molecule has 2 aliphatic heterocycles. The quantitative estimate of drug-likeness (QED) is 0.152. The van der Waals surface area contributed by atoms with Crippen molar-refractivity contribution >= 4 is 29.1 Å². The topological polar surface area (TPSA) is 141 Å². The van der Waals surface area contributed by atoms with Crippen molar-refractivity contribution in [3.05, 3.63) is 93.3 Å². The molecule has 2 aromatic heterocycles. The summed E-state index contributed by atoms with van der Waals surface area (Å²) in [6, 6.07) is 15.5. The van der Waals surface area contributed by atoms with E-state index in [-0.39, 0.29) is 41.4 Å². The fraction of sp³-hybridized carbons (Fsp3) is 0.477. The molecule has 3 amide bonds. The average molecular weight is 827 g/mol. The molecule has 7 rings (SSSR count). The molecule has 0 spiro atoms. The van der Waals surface area contributed by atoms with E-state index in [2.05, 4.69) is 58.8 Å². The number of pyridine rings is 1. The SMILES string of the molecule is Cc1csc(C(=O)N[C@H]2CC[C@H](NC(=O)c3cc(F)cnc3Oc3cccc(-c4ccc(CN5CCN(CC(=O)NC(C)C)CC5)cc4CN4CCOCC4)c3)CC2)n1. The second-order valence-corrected chi connectivity index (χ2v) is 16.9. The number of rotatable bonds is 14. The number of aryl methyl sites for hydroxylation is 1. The molecule has 15 heteroatoms. The van der Waals surface area contributed by atoms with Crippen LogP contribution >= 0.6 is 11.3 Å². The summed E-state index contributed by atoms with van der Waals surface area (Å²) in [6.07, 6.45) is 3.77. The summed E-state index contributed by atoms with van der Waals surface area (Å²) in [5, 5.41) is 11.4. The molecular formula is C44H55FN8O5S. The summed E-state index contributed by atoms with van der Waals surface area (Å²) in [7, 11) is 0. The zero-order valence-corrected chi connectivity index (χ0v) is 35.0. The zero-order valence-electron chi connectivity index (χ0n) is 34.2. The second kappa shape index (κ2) is 20.0. The van der Waals surface area contributed by atoms with Crippen LogP contribution in [0.2, 0.25) is 0 Å². The maximum atomic E-state index is 14.6. The van der Waals surface area contributed by atoms with Gasteiger partial charge in [0.2, 0.25) is 11.8 Å². The molecule has 0 unspecified atom stereocenters. The van der Waals surface area contributed by atoms with Crippen molar-refractivity contribution in [3.8, 4) is 22.8 Å². The fourth-order valence-corrected chi connectivity index (χ4v) is 8.65. The van der Waals surface area contributed by atoms with E-state index in [0.717, 1.165) is 81.4 Å². The summed E-state index contributed by atoms with van der Waals surface area (Å²) in [4.78, 5) is 54.1. The highest BCUT2D eigenvalue weighted by atomic mass is 32.1. The maximum Gasteiger partial charge on any atom is 0.280 e. The molecule has 314 valence electrons. The Kier molecular flexibility index (Phi) is 14.3. The normalized spacial score (nSPS) is 19.3. The first-order valence-corrected chi connectivity index (χ1v) is 21.6. The molecule has 2 saturated heterocycles. The van der Waals surface area contributed by atoms with E-state index in [4.69, 9.17) is 9.47 Å². The largest absolute Gasteiger partial charge is 0.438 e. The van der Waals surface area contributed by atoms with Gasteiger partial charge in [0.05, 0.1) is 26.0 Å². The Morgan fingerprint density at radius 1 is 0.881 bits per heavy atom. The summed E-state index contributed by atoms with van der Waals surface area (Å²) in [6.45, 7) is 14.4. The van der Waals surface area contributed by atoms with Gasteiger partial charge >= 0.3 is 0 Å². The number of morpholine rings is 1. The van der Waals surface area contributed by atoms with Crippen LogP contribution in [0.15, 0.2) is 60.1 Å².